The summed E-state index contributed by atoms with van der Waals surface area (Å²) in [6.07, 6.45) is 0. The molecule has 5 amide bonds. The number of rotatable bonds is 4. The molecule has 10 heteroatoms. The van der Waals surface area contributed by atoms with Crippen LogP contribution in [0.2, 0.25) is 0 Å². The van der Waals surface area contributed by atoms with Crippen molar-refractivity contribution in [2.24, 2.45) is 5.41 Å². The molecule has 2 aliphatic rings. The van der Waals surface area contributed by atoms with Crippen LogP contribution in [0.4, 0.5) is 21.9 Å². The third kappa shape index (κ3) is 6.57. The standard InChI is InChI=1S/C29H38N6O4/c1-20-9-8-10-21(17-20)30-28(39)31-22-18-35(27(38)29(2,3)4)24-12-7-6-11-23(24)34(26(22)37)19-25(36)33-15-13-32(5)14-16-33/h6-12,17,22H,13-16,18-19H2,1-5H3,(H2,30,31,39). The monoisotopic (exact) mass is 534 g/mol. The maximum atomic E-state index is 14.0. The number of carbonyl (C=O) groups excluding carboxylic acids is 4. The number of nitrogens with zero attached hydrogens (tertiary/aromatic N) is 4. The van der Waals surface area contributed by atoms with Gasteiger partial charge in [0.2, 0.25) is 11.8 Å². The van der Waals surface area contributed by atoms with Gasteiger partial charge >= 0.3 is 6.03 Å². The smallest absolute Gasteiger partial charge is 0.319 e. The number of likely N-dealkylation sites (N-methyl/N-ethyl adjacent to an activating group) is 1. The van der Waals surface area contributed by atoms with E-state index in [2.05, 4.69) is 15.5 Å². The number of carbonyl (C=O) groups is 4. The lowest BCUT2D eigenvalue weighted by Crippen LogP contribution is -2.56. The summed E-state index contributed by atoms with van der Waals surface area (Å²) in [7, 11) is 2.01. The quantitative estimate of drug-likeness (QED) is 0.628. The maximum absolute atomic E-state index is 14.0. The first kappa shape index (κ1) is 28.1. The van der Waals surface area contributed by atoms with Gasteiger partial charge in [-0.3, -0.25) is 19.3 Å². The molecule has 1 fully saturated rings. The van der Waals surface area contributed by atoms with E-state index in [4.69, 9.17) is 0 Å². The van der Waals surface area contributed by atoms with Crippen molar-refractivity contribution in [3.63, 3.8) is 0 Å². The van der Waals surface area contributed by atoms with Crippen LogP contribution >= 0.6 is 0 Å². The van der Waals surface area contributed by atoms with Crippen LogP contribution in [0, 0.1) is 12.3 Å². The van der Waals surface area contributed by atoms with Gasteiger partial charge < -0.3 is 25.3 Å². The highest BCUT2D eigenvalue weighted by molar-refractivity contribution is 6.11. The Labute approximate surface area is 229 Å². The highest BCUT2D eigenvalue weighted by Crippen LogP contribution is 2.35. The Morgan fingerprint density at radius 2 is 1.62 bits per heavy atom. The molecule has 1 atom stereocenters. The summed E-state index contributed by atoms with van der Waals surface area (Å²) in [5.74, 6) is -0.820. The molecular formula is C29H38N6O4. The second kappa shape index (κ2) is 11.4. The van der Waals surface area contributed by atoms with Crippen LogP contribution < -0.4 is 20.4 Å². The number of benzene rings is 2. The Morgan fingerprint density at radius 3 is 2.26 bits per heavy atom. The molecular weight excluding hydrogens is 496 g/mol. The fourth-order valence-corrected chi connectivity index (χ4v) is 4.79. The van der Waals surface area contributed by atoms with E-state index < -0.39 is 23.4 Å². The summed E-state index contributed by atoms with van der Waals surface area (Å²) < 4.78 is 0. The van der Waals surface area contributed by atoms with Crippen molar-refractivity contribution < 1.29 is 19.2 Å². The minimum Gasteiger partial charge on any atom is -0.339 e. The van der Waals surface area contributed by atoms with E-state index in [1.54, 1.807) is 40.1 Å². The Bertz CT molecular complexity index is 1250. The van der Waals surface area contributed by atoms with Crippen molar-refractivity contribution in [1.82, 2.24) is 15.1 Å². The van der Waals surface area contributed by atoms with E-state index in [1.807, 2.05) is 52.9 Å². The van der Waals surface area contributed by atoms with E-state index in [9.17, 15) is 19.2 Å². The molecule has 0 aliphatic carbocycles. The molecule has 2 aromatic rings. The average Bonchev–Trinajstić information content (AvgIpc) is 2.98. The van der Waals surface area contributed by atoms with Crippen molar-refractivity contribution in [2.75, 3.05) is 61.4 Å². The molecule has 1 unspecified atom stereocenters. The number of nitrogens with one attached hydrogen (secondary N) is 2. The molecule has 2 heterocycles. The highest BCUT2D eigenvalue weighted by Gasteiger charge is 2.40. The Kier molecular flexibility index (Phi) is 8.25. The lowest BCUT2D eigenvalue weighted by Gasteiger charge is -2.34. The summed E-state index contributed by atoms with van der Waals surface area (Å²) in [6.45, 7) is 9.77. The number of fused-ring (bicyclic) bond motifs is 1. The molecule has 0 radical (unpaired) electrons. The number of aryl methyl sites for hydroxylation is 1. The zero-order chi connectivity index (χ0) is 28.3. The molecule has 208 valence electrons. The molecule has 1 saturated heterocycles. The van der Waals surface area contributed by atoms with Crippen molar-refractivity contribution in [3.8, 4) is 0 Å². The summed E-state index contributed by atoms with van der Waals surface area (Å²) in [5, 5.41) is 5.54. The molecule has 10 nitrogen and oxygen atoms in total. The summed E-state index contributed by atoms with van der Waals surface area (Å²) in [5.41, 5.74) is 1.81. The van der Waals surface area contributed by atoms with E-state index in [0.717, 1.165) is 18.7 Å². The van der Waals surface area contributed by atoms with E-state index >= 15 is 0 Å². The van der Waals surface area contributed by atoms with Gasteiger partial charge in [0.1, 0.15) is 12.6 Å². The van der Waals surface area contributed by atoms with Gasteiger partial charge in [-0.1, -0.05) is 45.0 Å². The van der Waals surface area contributed by atoms with E-state index in [1.165, 1.54) is 4.90 Å². The summed E-state index contributed by atoms with van der Waals surface area (Å²) in [6, 6.07) is 12.8. The molecule has 2 aromatic carbocycles. The first-order chi connectivity index (χ1) is 18.4. The number of hydrogen-bond acceptors (Lipinski definition) is 5. The van der Waals surface area contributed by atoms with Crippen LogP contribution in [-0.4, -0.2) is 85.9 Å². The average molecular weight is 535 g/mol. The molecule has 0 spiro atoms. The minimum atomic E-state index is -1.08. The molecule has 0 aromatic heterocycles. The Hall–Kier alpha value is -3.92. The zero-order valence-electron chi connectivity index (χ0n) is 23.4. The summed E-state index contributed by atoms with van der Waals surface area (Å²) in [4.78, 5) is 60.8. The molecule has 39 heavy (non-hydrogen) atoms. The highest BCUT2D eigenvalue weighted by atomic mass is 16.2. The SMILES string of the molecule is Cc1cccc(NC(=O)NC2CN(C(=O)C(C)(C)C)c3ccccc3N(CC(=O)N3CCN(C)CC3)C2=O)c1. The second-order valence-electron chi connectivity index (χ2n) is 11.3. The molecule has 2 aliphatic heterocycles. The number of urea groups is 1. The first-order valence-electron chi connectivity index (χ1n) is 13.3. The molecule has 4 rings (SSSR count). The van der Waals surface area contributed by atoms with Crippen LogP contribution in [0.15, 0.2) is 48.5 Å². The maximum Gasteiger partial charge on any atom is 0.319 e. The van der Waals surface area contributed by atoms with Gasteiger partial charge in [0.25, 0.3) is 5.91 Å². The molecule has 0 saturated carbocycles. The zero-order valence-corrected chi connectivity index (χ0v) is 23.4. The number of para-hydroxylation sites is 2. The fraction of sp³-hybridized carbons (Fsp3) is 0.448. The third-order valence-electron chi connectivity index (χ3n) is 7.01. The van der Waals surface area contributed by atoms with Crippen LogP contribution in [0.3, 0.4) is 0 Å². The predicted molar refractivity (Wildman–Crippen MR) is 152 cm³/mol. The number of piperazine rings is 1. The minimum absolute atomic E-state index is 0.0631. The topological polar surface area (TPSA) is 105 Å². The van der Waals surface area contributed by atoms with E-state index in [0.29, 0.717) is 30.2 Å². The summed E-state index contributed by atoms with van der Waals surface area (Å²) >= 11 is 0. The van der Waals surface area contributed by atoms with Gasteiger partial charge in [-0.2, -0.15) is 0 Å². The van der Waals surface area contributed by atoms with Crippen LogP contribution in [0.1, 0.15) is 26.3 Å². The van der Waals surface area contributed by atoms with Gasteiger partial charge in [0.15, 0.2) is 0 Å². The number of hydrogen-bond donors (Lipinski definition) is 2. The third-order valence-corrected chi connectivity index (χ3v) is 7.01. The normalized spacial score (nSPS) is 18.3. The lowest BCUT2D eigenvalue weighted by molar-refractivity contribution is -0.133. The van der Waals surface area contributed by atoms with Gasteiger partial charge in [-0.15, -0.1) is 0 Å². The van der Waals surface area contributed by atoms with Gasteiger partial charge in [0.05, 0.1) is 17.9 Å². The van der Waals surface area contributed by atoms with Crippen LogP contribution in [-0.2, 0) is 14.4 Å². The van der Waals surface area contributed by atoms with Gasteiger partial charge in [0, 0.05) is 37.3 Å². The number of anilines is 3. The molecule has 0 bridgehead atoms. The largest absolute Gasteiger partial charge is 0.339 e. The first-order valence-corrected chi connectivity index (χ1v) is 13.3. The number of amides is 5. The van der Waals surface area contributed by atoms with Crippen molar-refractivity contribution in [3.05, 3.63) is 54.1 Å². The van der Waals surface area contributed by atoms with E-state index in [-0.39, 0.29) is 24.9 Å². The van der Waals surface area contributed by atoms with Crippen molar-refractivity contribution >= 4 is 40.8 Å². The van der Waals surface area contributed by atoms with Gasteiger partial charge in [-0.05, 0) is 43.8 Å². The lowest BCUT2D eigenvalue weighted by atomic mass is 9.94. The van der Waals surface area contributed by atoms with Crippen LogP contribution in [0.25, 0.3) is 0 Å². The van der Waals surface area contributed by atoms with Gasteiger partial charge in [-0.25, -0.2) is 4.79 Å². The Balaban J connectivity index is 1.66. The Morgan fingerprint density at radius 1 is 0.949 bits per heavy atom. The second-order valence-corrected chi connectivity index (χ2v) is 11.3. The van der Waals surface area contributed by atoms with Crippen molar-refractivity contribution in [1.29, 1.82) is 0 Å². The van der Waals surface area contributed by atoms with Crippen molar-refractivity contribution in [2.45, 2.75) is 33.7 Å². The molecule has 2 N–H and O–H groups in total. The predicted octanol–water partition coefficient (Wildman–Crippen LogP) is 2.69. The van der Waals surface area contributed by atoms with Crippen LogP contribution in [0.5, 0.6) is 0 Å². The fourth-order valence-electron chi connectivity index (χ4n) is 4.79.